The Morgan fingerprint density at radius 1 is 1.20 bits per heavy atom. The topological polar surface area (TPSA) is 41.6 Å². The van der Waals surface area contributed by atoms with E-state index < -0.39 is 0 Å². The average molecular weight is 282 g/mol. The molecule has 1 aliphatic heterocycles. The molecule has 0 aromatic heterocycles. The first-order valence-electron chi connectivity index (χ1n) is 7.46. The lowest BCUT2D eigenvalue weighted by Gasteiger charge is -2.45. The molecule has 2 atom stereocenters. The average Bonchev–Trinajstić information content (AvgIpc) is 2.33. The van der Waals surface area contributed by atoms with Gasteiger partial charge in [-0.3, -0.25) is 9.69 Å². The Labute approximate surface area is 123 Å². The number of carbonyl (C=O) groups is 1. The fourth-order valence-electron chi connectivity index (χ4n) is 2.44. The van der Waals surface area contributed by atoms with E-state index in [4.69, 9.17) is 4.74 Å². The lowest BCUT2D eigenvalue weighted by Crippen LogP contribution is -2.58. The molecule has 1 N–H and O–H groups in total. The van der Waals surface area contributed by atoms with E-state index in [9.17, 15) is 4.79 Å². The maximum atomic E-state index is 12.0. The van der Waals surface area contributed by atoms with Crippen molar-refractivity contribution < 1.29 is 9.53 Å². The second kappa shape index (κ2) is 6.72. The predicted molar refractivity (Wildman–Crippen MR) is 82.7 cm³/mol. The van der Waals surface area contributed by atoms with Gasteiger partial charge in [0.1, 0.15) is 0 Å². The van der Waals surface area contributed by atoms with E-state index >= 15 is 0 Å². The molecule has 1 rings (SSSR count). The van der Waals surface area contributed by atoms with Gasteiger partial charge in [0.2, 0.25) is 5.91 Å². The second-order valence-electron chi connectivity index (χ2n) is 6.78. The normalized spacial score (nSPS) is 24.4. The maximum absolute atomic E-state index is 12.0. The minimum atomic E-state index is -0.0656. The third-order valence-corrected chi connectivity index (χ3v) is 4.05. The zero-order chi connectivity index (χ0) is 15.5. The standard InChI is InChI=1S/C16H30N2O2/c1-11(2)14(5)15(19)17-10-16(6,7)18-8-12(3)20-13(4)9-18/h12-13H,8-10H2,1-7H3,(H,17,19)/t12-,13-/m1/s1. The molecule has 0 unspecified atom stereocenters. The first kappa shape index (κ1) is 17.2. The summed E-state index contributed by atoms with van der Waals surface area (Å²) in [5.41, 5.74) is 1.81. The number of allylic oxidation sites excluding steroid dienone is 1. The van der Waals surface area contributed by atoms with Crippen LogP contribution in [0.25, 0.3) is 0 Å². The summed E-state index contributed by atoms with van der Waals surface area (Å²) >= 11 is 0. The molecule has 20 heavy (non-hydrogen) atoms. The van der Waals surface area contributed by atoms with Crippen molar-refractivity contribution in [1.82, 2.24) is 10.2 Å². The molecule has 1 aliphatic rings. The molecule has 1 heterocycles. The molecular formula is C16H30N2O2. The summed E-state index contributed by atoms with van der Waals surface area (Å²) in [7, 11) is 0. The van der Waals surface area contributed by atoms with Crippen molar-refractivity contribution in [2.45, 2.75) is 66.2 Å². The van der Waals surface area contributed by atoms with Crippen molar-refractivity contribution in [3.05, 3.63) is 11.1 Å². The smallest absolute Gasteiger partial charge is 0.246 e. The van der Waals surface area contributed by atoms with Gasteiger partial charge in [0.05, 0.1) is 12.2 Å². The van der Waals surface area contributed by atoms with Crippen LogP contribution in [0.15, 0.2) is 11.1 Å². The van der Waals surface area contributed by atoms with Crippen molar-refractivity contribution in [3.8, 4) is 0 Å². The molecule has 4 nitrogen and oxygen atoms in total. The van der Waals surface area contributed by atoms with Gasteiger partial charge in [0, 0.05) is 30.7 Å². The number of hydrogen-bond donors (Lipinski definition) is 1. The van der Waals surface area contributed by atoms with E-state index in [1.54, 1.807) is 0 Å². The zero-order valence-corrected chi connectivity index (χ0v) is 14.0. The molecule has 0 spiro atoms. The highest BCUT2D eigenvalue weighted by atomic mass is 16.5. The molecule has 0 saturated carbocycles. The molecule has 116 valence electrons. The molecule has 0 aromatic rings. The van der Waals surface area contributed by atoms with Gasteiger partial charge in [0.25, 0.3) is 0 Å². The van der Waals surface area contributed by atoms with Gasteiger partial charge >= 0.3 is 0 Å². The van der Waals surface area contributed by atoms with Crippen LogP contribution in [0.3, 0.4) is 0 Å². The summed E-state index contributed by atoms with van der Waals surface area (Å²) in [6.07, 6.45) is 0.487. The van der Waals surface area contributed by atoms with Crippen LogP contribution in [0.2, 0.25) is 0 Å². The van der Waals surface area contributed by atoms with Crippen molar-refractivity contribution >= 4 is 5.91 Å². The quantitative estimate of drug-likeness (QED) is 0.805. The molecule has 4 heteroatoms. The zero-order valence-electron chi connectivity index (χ0n) is 14.0. The third kappa shape index (κ3) is 4.60. The van der Waals surface area contributed by atoms with Gasteiger partial charge < -0.3 is 10.1 Å². The van der Waals surface area contributed by atoms with Crippen molar-refractivity contribution in [2.24, 2.45) is 0 Å². The minimum Gasteiger partial charge on any atom is -0.373 e. The van der Waals surface area contributed by atoms with Crippen molar-refractivity contribution in [1.29, 1.82) is 0 Å². The van der Waals surface area contributed by atoms with Crippen LogP contribution >= 0.6 is 0 Å². The van der Waals surface area contributed by atoms with Gasteiger partial charge in [-0.05, 0) is 48.5 Å². The molecule has 0 aliphatic carbocycles. The first-order valence-corrected chi connectivity index (χ1v) is 7.46. The first-order chi connectivity index (χ1) is 9.13. The van der Waals surface area contributed by atoms with Gasteiger partial charge in [-0.1, -0.05) is 5.57 Å². The molecule has 1 fully saturated rings. The Hall–Kier alpha value is -0.870. The SMILES string of the molecule is CC(C)=C(C)C(=O)NCC(C)(C)N1C[C@@H](C)O[C@H](C)C1. The van der Waals surface area contributed by atoms with Crippen molar-refractivity contribution in [3.63, 3.8) is 0 Å². The summed E-state index contributed by atoms with van der Waals surface area (Å²) in [4.78, 5) is 14.4. The van der Waals surface area contributed by atoms with Gasteiger partial charge in [-0.15, -0.1) is 0 Å². The molecule has 1 amide bonds. The van der Waals surface area contributed by atoms with Gasteiger partial charge in [-0.25, -0.2) is 0 Å². The van der Waals surface area contributed by atoms with E-state index in [1.807, 2.05) is 20.8 Å². The molecule has 0 radical (unpaired) electrons. The van der Waals surface area contributed by atoms with Crippen LogP contribution in [-0.2, 0) is 9.53 Å². The number of ether oxygens (including phenoxy) is 1. The summed E-state index contributed by atoms with van der Waals surface area (Å²) in [6.45, 7) is 16.8. The van der Waals surface area contributed by atoms with Gasteiger partial charge in [-0.2, -0.15) is 0 Å². The number of carbonyl (C=O) groups excluding carboxylic acids is 1. The highest BCUT2D eigenvalue weighted by Gasteiger charge is 2.33. The summed E-state index contributed by atoms with van der Waals surface area (Å²) in [5, 5.41) is 3.05. The van der Waals surface area contributed by atoms with Crippen LogP contribution < -0.4 is 5.32 Å². The van der Waals surface area contributed by atoms with E-state index in [-0.39, 0.29) is 23.7 Å². The van der Waals surface area contributed by atoms with Crippen molar-refractivity contribution in [2.75, 3.05) is 19.6 Å². The van der Waals surface area contributed by atoms with Crippen LogP contribution in [0, 0.1) is 0 Å². The second-order valence-corrected chi connectivity index (χ2v) is 6.78. The molecule has 0 bridgehead atoms. The third-order valence-electron chi connectivity index (χ3n) is 4.05. The number of amides is 1. The Bertz CT molecular complexity index is 374. The molecule has 0 aromatic carbocycles. The largest absolute Gasteiger partial charge is 0.373 e. The highest BCUT2D eigenvalue weighted by molar-refractivity contribution is 5.93. The number of nitrogens with one attached hydrogen (secondary N) is 1. The van der Waals surface area contributed by atoms with E-state index in [1.165, 1.54) is 0 Å². The lowest BCUT2D eigenvalue weighted by atomic mass is 9.99. The highest BCUT2D eigenvalue weighted by Crippen LogP contribution is 2.20. The predicted octanol–water partition coefficient (Wildman–Crippen LogP) is 2.35. The molecule has 1 saturated heterocycles. The van der Waals surface area contributed by atoms with Crippen LogP contribution in [0.4, 0.5) is 0 Å². The fourth-order valence-corrected chi connectivity index (χ4v) is 2.44. The van der Waals surface area contributed by atoms with E-state index in [0.717, 1.165) is 24.2 Å². The van der Waals surface area contributed by atoms with Gasteiger partial charge in [0.15, 0.2) is 0 Å². The number of nitrogens with zero attached hydrogens (tertiary/aromatic N) is 1. The molecular weight excluding hydrogens is 252 g/mol. The Morgan fingerprint density at radius 3 is 2.15 bits per heavy atom. The Morgan fingerprint density at radius 2 is 1.70 bits per heavy atom. The lowest BCUT2D eigenvalue weighted by molar-refractivity contribution is -0.119. The van der Waals surface area contributed by atoms with E-state index in [2.05, 4.69) is 37.9 Å². The van der Waals surface area contributed by atoms with Crippen LogP contribution in [-0.4, -0.2) is 48.2 Å². The number of rotatable bonds is 4. The summed E-state index contributed by atoms with van der Waals surface area (Å²) in [5.74, 6) is 0.0347. The van der Waals surface area contributed by atoms with Crippen LogP contribution in [0.5, 0.6) is 0 Å². The number of morpholine rings is 1. The van der Waals surface area contributed by atoms with Crippen LogP contribution in [0.1, 0.15) is 48.5 Å². The Balaban J connectivity index is 2.61. The van der Waals surface area contributed by atoms with E-state index in [0.29, 0.717) is 6.54 Å². The fraction of sp³-hybridized carbons (Fsp3) is 0.812. The maximum Gasteiger partial charge on any atom is 0.246 e. The minimum absolute atomic E-state index is 0.0347. The Kier molecular flexibility index (Phi) is 5.78. The number of hydrogen-bond acceptors (Lipinski definition) is 3. The summed E-state index contributed by atoms with van der Waals surface area (Å²) < 4.78 is 5.77. The summed E-state index contributed by atoms with van der Waals surface area (Å²) in [6, 6.07) is 0. The monoisotopic (exact) mass is 282 g/mol.